The SMILES string of the molecule is S=C(C=C[C@]1(c2ccccc2)C[C@H]1c1ccccc1)NCCCCc1cccnc1. The van der Waals surface area contributed by atoms with Crippen LogP contribution in [-0.2, 0) is 11.8 Å². The molecule has 0 saturated heterocycles. The maximum Gasteiger partial charge on any atom is 0.0985 e. The number of aromatic nitrogens is 1. The van der Waals surface area contributed by atoms with Crippen LogP contribution in [0.5, 0.6) is 0 Å². The maximum atomic E-state index is 5.59. The van der Waals surface area contributed by atoms with Gasteiger partial charge in [-0.3, -0.25) is 4.98 Å². The van der Waals surface area contributed by atoms with Crippen molar-refractivity contribution in [1.82, 2.24) is 10.3 Å². The van der Waals surface area contributed by atoms with Crippen LogP contribution >= 0.6 is 12.2 Å². The number of nitrogens with one attached hydrogen (secondary N) is 1. The average molecular weight is 413 g/mol. The highest BCUT2D eigenvalue weighted by atomic mass is 32.1. The van der Waals surface area contributed by atoms with Crippen LogP contribution < -0.4 is 5.32 Å². The quantitative estimate of drug-likeness (QED) is 0.265. The Morgan fingerprint density at radius 3 is 2.50 bits per heavy atom. The topological polar surface area (TPSA) is 24.9 Å². The molecule has 1 aliphatic rings. The summed E-state index contributed by atoms with van der Waals surface area (Å²) in [6.45, 7) is 0.907. The molecule has 0 unspecified atom stereocenters. The molecular formula is C27H28N2S. The molecule has 2 nitrogen and oxygen atoms in total. The molecule has 1 heterocycles. The summed E-state index contributed by atoms with van der Waals surface area (Å²) in [6, 6.07) is 25.8. The Morgan fingerprint density at radius 1 is 1.00 bits per heavy atom. The van der Waals surface area contributed by atoms with E-state index in [9.17, 15) is 0 Å². The molecule has 4 rings (SSSR count). The molecule has 0 amide bonds. The summed E-state index contributed by atoms with van der Waals surface area (Å²) in [6.07, 6.45) is 12.6. The van der Waals surface area contributed by atoms with Crippen LogP contribution in [0.2, 0.25) is 0 Å². The molecule has 3 aromatic rings. The number of thiocarbonyl (C=S) groups is 1. The van der Waals surface area contributed by atoms with Crippen molar-refractivity contribution in [1.29, 1.82) is 0 Å². The van der Waals surface area contributed by atoms with Gasteiger partial charge in [0.2, 0.25) is 0 Å². The van der Waals surface area contributed by atoms with Crippen LogP contribution in [0.15, 0.2) is 97.3 Å². The molecule has 3 heteroatoms. The predicted octanol–water partition coefficient (Wildman–Crippen LogP) is 6.00. The lowest BCUT2D eigenvalue weighted by Crippen LogP contribution is -2.21. The Kier molecular flexibility index (Phi) is 6.70. The minimum atomic E-state index is 0.0503. The Bertz CT molecular complexity index is 970. The number of aryl methyl sites for hydroxylation is 1. The molecular weight excluding hydrogens is 384 g/mol. The Balaban J connectivity index is 1.32. The van der Waals surface area contributed by atoms with E-state index in [4.69, 9.17) is 12.2 Å². The van der Waals surface area contributed by atoms with Crippen molar-refractivity contribution in [3.05, 3.63) is 114 Å². The van der Waals surface area contributed by atoms with Crippen molar-refractivity contribution >= 4 is 17.2 Å². The Hall–Kier alpha value is -2.78. The molecule has 1 aromatic heterocycles. The summed E-state index contributed by atoms with van der Waals surface area (Å²) in [5.41, 5.74) is 4.12. The van der Waals surface area contributed by atoms with Gasteiger partial charge < -0.3 is 5.32 Å². The zero-order valence-corrected chi connectivity index (χ0v) is 18.0. The van der Waals surface area contributed by atoms with E-state index in [2.05, 4.69) is 89.2 Å². The first-order valence-corrected chi connectivity index (χ1v) is 11.2. The van der Waals surface area contributed by atoms with Gasteiger partial charge in [0, 0.05) is 24.4 Å². The largest absolute Gasteiger partial charge is 0.376 e. The summed E-state index contributed by atoms with van der Waals surface area (Å²) in [7, 11) is 0. The molecule has 1 aliphatic carbocycles. The molecule has 0 radical (unpaired) electrons. The lowest BCUT2D eigenvalue weighted by Gasteiger charge is -2.14. The van der Waals surface area contributed by atoms with Crippen molar-refractivity contribution in [3.63, 3.8) is 0 Å². The van der Waals surface area contributed by atoms with E-state index in [0.717, 1.165) is 37.2 Å². The molecule has 1 saturated carbocycles. The van der Waals surface area contributed by atoms with Crippen molar-refractivity contribution < 1.29 is 0 Å². The number of benzene rings is 2. The van der Waals surface area contributed by atoms with Crippen LogP contribution in [0.4, 0.5) is 0 Å². The van der Waals surface area contributed by atoms with Crippen LogP contribution in [0.3, 0.4) is 0 Å². The number of hydrogen-bond acceptors (Lipinski definition) is 2. The van der Waals surface area contributed by atoms with Crippen molar-refractivity contribution in [2.75, 3.05) is 6.54 Å². The molecule has 152 valence electrons. The lowest BCUT2D eigenvalue weighted by atomic mass is 9.90. The van der Waals surface area contributed by atoms with Gasteiger partial charge in [0.25, 0.3) is 0 Å². The zero-order valence-electron chi connectivity index (χ0n) is 17.2. The third-order valence-corrected chi connectivity index (χ3v) is 6.24. The number of unbranched alkanes of at least 4 members (excludes halogenated alkanes) is 1. The third kappa shape index (κ3) is 5.03. The summed E-state index contributed by atoms with van der Waals surface area (Å²) in [4.78, 5) is 5.00. The molecule has 1 N–H and O–H groups in total. The van der Waals surface area contributed by atoms with Crippen LogP contribution in [0.1, 0.15) is 41.9 Å². The van der Waals surface area contributed by atoms with Gasteiger partial charge in [0.1, 0.15) is 0 Å². The fourth-order valence-corrected chi connectivity index (χ4v) is 4.39. The third-order valence-electron chi connectivity index (χ3n) is 5.96. The molecule has 2 atom stereocenters. The lowest BCUT2D eigenvalue weighted by molar-refractivity contribution is 0.711. The second kappa shape index (κ2) is 9.82. The normalized spacial score (nSPS) is 20.2. The minimum Gasteiger partial charge on any atom is -0.376 e. The number of rotatable bonds is 9. The van der Waals surface area contributed by atoms with Crippen LogP contribution in [0, 0.1) is 0 Å². The average Bonchev–Trinajstić information content (AvgIpc) is 3.55. The Morgan fingerprint density at radius 2 is 1.77 bits per heavy atom. The van der Waals surface area contributed by atoms with E-state index < -0.39 is 0 Å². The van der Waals surface area contributed by atoms with Gasteiger partial charge >= 0.3 is 0 Å². The van der Waals surface area contributed by atoms with E-state index in [1.54, 1.807) is 0 Å². The second-order valence-corrected chi connectivity index (χ2v) is 8.46. The zero-order chi connectivity index (χ0) is 20.7. The number of hydrogen-bond donors (Lipinski definition) is 1. The van der Waals surface area contributed by atoms with Gasteiger partial charge in [0.05, 0.1) is 4.99 Å². The van der Waals surface area contributed by atoms with Crippen molar-refractivity contribution in [3.8, 4) is 0 Å². The van der Waals surface area contributed by atoms with Crippen LogP contribution in [0.25, 0.3) is 0 Å². The molecule has 2 aromatic carbocycles. The predicted molar refractivity (Wildman–Crippen MR) is 129 cm³/mol. The summed E-state index contributed by atoms with van der Waals surface area (Å²) >= 11 is 5.59. The maximum absolute atomic E-state index is 5.59. The highest BCUT2D eigenvalue weighted by Gasteiger charge is 2.53. The monoisotopic (exact) mass is 412 g/mol. The van der Waals surface area contributed by atoms with Gasteiger partial charge in [-0.05, 0) is 60.4 Å². The standard InChI is InChI=1S/C27H28N2S/c30-26(29-19-8-7-10-22-11-9-18-28-21-22)16-17-27(24-14-5-2-6-15-24)20-25(27)23-12-3-1-4-13-23/h1-6,9,11-18,21,25H,7-8,10,19-20H2,(H,29,30)/t25-,27+/m0/s1. The second-order valence-electron chi connectivity index (χ2n) is 8.02. The van der Waals surface area contributed by atoms with Gasteiger partial charge in [-0.2, -0.15) is 0 Å². The van der Waals surface area contributed by atoms with E-state index in [-0.39, 0.29) is 5.41 Å². The smallest absolute Gasteiger partial charge is 0.0985 e. The number of allylic oxidation sites excluding steroid dienone is 1. The molecule has 0 spiro atoms. The fourth-order valence-electron chi connectivity index (χ4n) is 4.22. The molecule has 0 bridgehead atoms. The first kappa shape index (κ1) is 20.5. The number of nitrogens with zero attached hydrogens (tertiary/aromatic N) is 1. The summed E-state index contributed by atoms with van der Waals surface area (Å²) < 4.78 is 0. The fraction of sp³-hybridized carbons (Fsp3) is 0.259. The van der Waals surface area contributed by atoms with Gasteiger partial charge in [-0.15, -0.1) is 0 Å². The van der Waals surface area contributed by atoms with E-state index in [1.807, 2.05) is 18.5 Å². The molecule has 30 heavy (non-hydrogen) atoms. The van der Waals surface area contributed by atoms with Crippen LogP contribution in [-0.4, -0.2) is 16.5 Å². The van der Waals surface area contributed by atoms with Gasteiger partial charge in [-0.25, -0.2) is 0 Å². The van der Waals surface area contributed by atoms with Crippen molar-refractivity contribution in [2.24, 2.45) is 0 Å². The summed E-state index contributed by atoms with van der Waals surface area (Å²) in [5, 5.41) is 3.40. The van der Waals surface area contributed by atoms with Gasteiger partial charge in [0.15, 0.2) is 0 Å². The van der Waals surface area contributed by atoms with E-state index >= 15 is 0 Å². The molecule has 1 fully saturated rings. The molecule has 0 aliphatic heterocycles. The summed E-state index contributed by atoms with van der Waals surface area (Å²) in [5.74, 6) is 0.514. The highest BCUT2D eigenvalue weighted by molar-refractivity contribution is 7.80. The number of pyridine rings is 1. The van der Waals surface area contributed by atoms with E-state index in [0.29, 0.717) is 5.92 Å². The van der Waals surface area contributed by atoms with E-state index in [1.165, 1.54) is 16.7 Å². The first-order chi connectivity index (χ1) is 14.8. The Labute approximate surface area is 185 Å². The first-order valence-electron chi connectivity index (χ1n) is 10.7. The highest BCUT2D eigenvalue weighted by Crippen LogP contribution is 2.61. The van der Waals surface area contributed by atoms with Gasteiger partial charge in [-0.1, -0.05) is 85.0 Å². The minimum absolute atomic E-state index is 0.0503. The van der Waals surface area contributed by atoms with Crippen molar-refractivity contribution in [2.45, 2.75) is 37.0 Å².